The maximum Gasteiger partial charge on any atom is 0.306 e. The van der Waals surface area contributed by atoms with Crippen molar-refractivity contribution in [3.63, 3.8) is 0 Å². The number of carbonyl (C=O) groups is 2. The lowest BCUT2D eigenvalue weighted by Gasteiger charge is -2.28. The van der Waals surface area contributed by atoms with Crippen LogP contribution in [0.1, 0.15) is 52.9 Å². The standard InChI is InChI=1S/C15H28N2O3/c1-10(15(19)20)5-4-6-11(2)17-14(18)13-7-8-16-12(3)9-13/h10-13,16H,4-9H2,1-3H3,(H,17,18)(H,19,20). The molecule has 0 aromatic carbocycles. The highest BCUT2D eigenvalue weighted by Crippen LogP contribution is 2.17. The van der Waals surface area contributed by atoms with Crippen LogP contribution in [0.4, 0.5) is 0 Å². The van der Waals surface area contributed by atoms with Crippen LogP contribution in [-0.4, -0.2) is 35.6 Å². The zero-order valence-corrected chi connectivity index (χ0v) is 12.8. The Morgan fingerprint density at radius 2 is 2.05 bits per heavy atom. The molecule has 0 bridgehead atoms. The Balaban J connectivity index is 2.22. The van der Waals surface area contributed by atoms with Crippen molar-refractivity contribution in [2.45, 2.75) is 65.0 Å². The summed E-state index contributed by atoms with van der Waals surface area (Å²) in [6, 6.07) is 0.528. The van der Waals surface area contributed by atoms with Crippen molar-refractivity contribution in [2.75, 3.05) is 6.54 Å². The summed E-state index contributed by atoms with van der Waals surface area (Å²) in [6.45, 7) is 6.73. The Morgan fingerprint density at radius 3 is 2.65 bits per heavy atom. The molecule has 4 unspecified atom stereocenters. The third-order valence-electron chi connectivity index (χ3n) is 4.08. The smallest absolute Gasteiger partial charge is 0.306 e. The molecular weight excluding hydrogens is 256 g/mol. The van der Waals surface area contributed by atoms with Crippen molar-refractivity contribution in [1.82, 2.24) is 10.6 Å². The SMILES string of the molecule is CC1CC(C(=O)NC(C)CCCC(C)C(=O)O)CCN1. The minimum atomic E-state index is -0.745. The first-order valence-electron chi connectivity index (χ1n) is 7.66. The first kappa shape index (κ1) is 17.0. The van der Waals surface area contributed by atoms with Gasteiger partial charge in [-0.15, -0.1) is 0 Å². The second kappa shape index (κ2) is 8.25. The van der Waals surface area contributed by atoms with Gasteiger partial charge in [0.25, 0.3) is 0 Å². The molecule has 1 fully saturated rings. The van der Waals surface area contributed by atoms with E-state index in [0.29, 0.717) is 12.5 Å². The third-order valence-corrected chi connectivity index (χ3v) is 4.08. The van der Waals surface area contributed by atoms with E-state index in [2.05, 4.69) is 17.6 Å². The van der Waals surface area contributed by atoms with Crippen LogP contribution in [0.5, 0.6) is 0 Å². The van der Waals surface area contributed by atoms with Gasteiger partial charge >= 0.3 is 5.97 Å². The minimum absolute atomic E-state index is 0.117. The Hall–Kier alpha value is -1.10. The van der Waals surface area contributed by atoms with Gasteiger partial charge in [0.1, 0.15) is 0 Å². The van der Waals surface area contributed by atoms with Gasteiger partial charge in [0.2, 0.25) is 5.91 Å². The van der Waals surface area contributed by atoms with E-state index in [-0.39, 0.29) is 23.8 Å². The first-order chi connectivity index (χ1) is 9.40. The van der Waals surface area contributed by atoms with Gasteiger partial charge in [-0.2, -0.15) is 0 Å². The maximum absolute atomic E-state index is 12.1. The van der Waals surface area contributed by atoms with Gasteiger partial charge in [0, 0.05) is 18.0 Å². The van der Waals surface area contributed by atoms with E-state index in [0.717, 1.165) is 32.2 Å². The molecule has 1 aliphatic heterocycles. The predicted octanol–water partition coefficient (Wildman–Crippen LogP) is 1.77. The van der Waals surface area contributed by atoms with Crippen LogP contribution in [0, 0.1) is 11.8 Å². The van der Waals surface area contributed by atoms with Gasteiger partial charge in [-0.25, -0.2) is 0 Å². The molecule has 1 amide bonds. The quantitative estimate of drug-likeness (QED) is 0.666. The molecule has 116 valence electrons. The largest absolute Gasteiger partial charge is 0.481 e. The highest BCUT2D eigenvalue weighted by molar-refractivity contribution is 5.79. The molecule has 5 heteroatoms. The lowest BCUT2D eigenvalue weighted by molar-refractivity contribution is -0.141. The fraction of sp³-hybridized carbons (Fsp3) is 0.867. The molecule has 1 saturated heterocycles. The summed E-state index contributed by atoms with van der Waals surface area (Å²) in [7, 11) is 0. The zero-order chi connectivity index (χ0) is 15.1. The van der Waals surface area contributed by atoms with Gasteiger partial charge < -0.3 is 15.7 Å². The van der Waals surface area contributed by atoms with Gasteiger partial charge in [0.15, 0.2) is 0 Å². The molecule has 3 N–H and O–H groups in total. The number of carboxylic acid groups (broad SMARTS) is 1. The average molecular weight is 284 g/mol. The molecule has 0 saturated carbocycles. The third kappa shape index (κ3) is 5.90. The Kier molecular flexibility index (Phi) is 6.99. The van der Waals surface area contributed by atoms with Crippen LogP contribution < -0.4 is 10.6 Å². The zero-order valence-electron chi connectivity index (χ0n) is 12.8. The Bertz CT molecular complexity index is 333. The fourth-order valence-electron chi connectivity index (χ4n) is 2.66. The number of piperidine rings is 1. The number of nitrogens with one attached hydrogen (secondary N) is 2. The predicted molar refractivity (Wildman–Crippen MR) is 78.4 cm³/mol. The number of aliphatic carboxylic acids is 1. The molecule has 4 atom stereocenters. The van der Waals surface area contributed by atoms with Crippen molar-refractivity contribution < 1.29 is 14.7 Å². The molecule has 0 spiro atoms. The van der Waals surface area contributed by atoms with Crippen molar-refractivity contribution in [1.29, 1.82) is 0 Å². The second-order valence-corrected chi connectivity index (χ2v) is 6.16. The van der Waals surface area contributed by atoms with E-state index >= 15 is 0 Å². The minimum Gasteiger partial charge on any atom is -0.481 e. The average Bonchev–Trinajstić information content (AvgIpc) is 2.38. The number of hydrogen-bond donors (Lipinski definition) is 3. The lowest BCUT2D eigenvalue weighted by Crippen LogP contribution is -2.44. The summed E-state index contributed by atoms with van der Waals surface area (Å²) < 4.78 is 0. The van der Waals surface area contributed by atoms with E-state index in [1.807, 2.05) is 6.92 Å². The van der Waals surface area contributed by atoms with Crippen LogP contribution >= 0.6 is 0 Å². The van der Waals surface area contributed by atoms with Gasteiger partial charge in [-0.3, -0.25) is 9.59 Å². The number of amides is 1. The van der Waals surface area contributed by atoms with E-state index < -0.39 is 5.97 Å². The molecule has 20 heavy (non-hydrogen) atoms. The van der Waals surface area contributed by atoms with Crippen molar-refractivity contribution in [3.05, 3.63) is 0 Å². The summed E-state index contributed by atoms with van der Waals surface area (Å²) in [4.78, 5) is 22.8. The van der Waals surface area contributed by atoms with Crippen LogP contribution in [-0.2, 0) is 9.59 Å². The molecule has 0 radical (unpaired) electrons. The molecule has 1 rings (SSSR count). The van der Waals surface area contributed by atoms with E-state index in [4.69, 9.17) is 5.11 Å². The summed E-state index contributed by atoms with van der Waals surface area (Å²) in [5.41, 5.74) is 0. The number of carbonyl (C=O) groups excluding carboxylic acids is 1. The summed E-state index contributed by atoms with van der Waals surface area (Å²) in [5.74, 6) is -0.780. The molecule has 0 aromatic heterocycles. The highest BCUT2D eigenvalue weighted by Gasteiger charge is 2.25. The van der Waals surface area contributed by atoms with Gasteiger partial charge in [-0.05, 0) is 46.1 Å². The molecule has 0 aromatic rings. The highest BCUT2D eigenvalue weighted by atomic mass is 16.4. The monoisotopic (exact) mass is 284 g/mol. The van der Waals surface area contributed by atoms with Crippen molar-refractivity contribution in [2.24, 2.45) is 11.8 Å². The molecule has 1 aliphatic rings. The fourth-order valence-corrected chi connectivity index (χ4v) is 2.66. The molecule has 5 nitrogen and oxygen atoms in total. The Labute approximate surface area is 121 Å². The lowest BCUT2D eigenvalue weighted by atomic mass is 9.92. The number of hydrogen-bond acceptors (Lipinski definition) is 3. The van der Waals surface area contributed by atoms with Crippen molar-refractivity contribution in [3.8, 4) is 0 Å². The van der Waals surface area contributed by atoms with Gasteiger partial charge in [0.05, 0.1) is 5.92 Å². The first-order valence-corrected chi connectivity index (χ1v) is 7.66. The Morgan fingerprint density at radius 1 is 1.35 bits per heavy atom. The molecule has 0 aliphatic carbocycles. The topological polar surface area (TPSA) is 78.4 Å². The summed E-state index contributed by atoms with van der Waals surface area (Å²) in [5, 5.41) is 15.2. The number of rotatable bonds is 7. The van der Waals surface area contributed by atoms with Crippen LogP contribution in [0.25, 0.3) is 0 Å². The molecular formula is C15H28N2O3. The van der Waals surface area contributed by atoms with E-state index in [9.17, 15) is 9.59 Å². The normalized spacial score (nSPS) is 25.8. The van der Waals surface area contributed by atoms with E-state index in [1.165, 1.54) is 0 Å². The molecule has 1 heterocycles. The van der Waals surface area contributed by atoms with Crippen LogP contribution in [0.3, 0.4) is 0 Å². The number of carboxylic acids is 1. The van der Waals surface area contributed by atoms with Gasteiger partial charge in [-0.1, -0.05) is 13.3 Å². The summed E-state index contributed by atoms with van der Waals surface area (Å²) >= 11 is 0. The van der Waals surface area contributed by atoms with E-state index in [1.54, 1.807) is 6.92 Å². The van der Waals surface area contributed by atoms with Crippen molar-refractivity contribution >= 4 is 11.9 Å². The maximum atomic E-state index is 12.1. The second-order valence-electron chi connectivity index (χ2n) is 6.16. The van der Waals surface area contributed by atoms with Crippen LogP contribution in [0.2, 0.25) is 0 Å². The van der Waals surface area contributed by atoms with Crippen LogP contribution in [0.15, 0.2) is 0 Å². The summed E-state index contributed by atoms with van der Waals surface area (Å²) in [6.07, 6.45) is 4.13.